The maximum absolute atomic E-state index is 11.5. The van der Waals surface area contributed by atoms with Crippen LogP contribution in [0.3, 0.4) is 0 Å². The molecule has 1 aliphatic heterocycles. The minimum absolute atomic E-state index is 0.160. The molecule has 7 heteroatoms. The maximum atomic E-state index is 11.5. The number of hydrogen-bond donors (Lipinski definition) is 1. The van der Waals surface area contributed by atoms with Crippen LogP contribution in [0.25, 0.3) is 0 Å². The third-order valence-corrected chi connectivity index (χ3v) is 3.17. The van der Waals surface area contributed by atoms with Crippen molar-refractivity contribution in [2.24, 2.45) is 0 Å². The van der Waals surface area contributed by atoms with Gasteiger partial charge in [-0.1, -0.05) is 12.7 Å². The van der Waals surface area contributed by atoms with Crippen LogP contribution in [0, 0.1) is 5.41 Å². The van der Waals surface area contributed by atoms with E-state index < -0.39 is 0 Å². The van der Waals surface area contributed by atoms with Gasteiger partial charge in [-0.2, -0.15) is 0 Å². The fraction of sp³-hybridized carbons (Fsp3) is 0.600. The molecule has 17 heavy (non-hydrogen) atoms. The van der Waals surface area contributed by atoms with Crippen molar-refractivity contribution in [2.45, 2.75) is 0 Å². The van der Waals surface area contributed by atoms with Gasteiger partial charge >= 0.3 is 6.09 Å². The summed E-state index contributed by atoms with van der Waals surface area (Å²) < 4.78 is 11.7. The summed E-state index contributed by atoms with van der Waals surface area (Å²) in [5.41, 5.74) is 0. The molecule has 0 aromatic carbocycles. The van der Waals surface area contributed by atoms with E-state index in [1.165, 1.54) is 19.1 Å². The molecule has 1 heterocycles. The Morgan fingerprint density at radius 1 is 1.47 bits per heavy atom. The smallest absolute Gasteiger partial charge is 0.410 e. The highest BCUT2D eigenvalue weighted by Gasteiger charge is 2.23. The van der Waals surface area contributed by atoms with Crippen molar-refractivity contribution < 1.29 is 14.3 Å². The Balaban J connectivity index is 2.27. The van der Waals surface area contributed by atoms with Crippen LogP contribution in [-0.2, 0) is 9.47 Å². The van der Waals surface area contributed by atoms with Gasteiger partial charge in [0.1, 0.15) is 6.61 Å². The lowest BCUT2D eigenvalue weighted by Gasteiger charge is -2.32. The van der Waals surface area contributed by atoms with Crippen molar-refractivity contribution in [3.05, 3.63) is 12.7 Å². The molecule has 0 saturated carbocycles. The topological polar surface area (TPSA) is 65.9 Å². The summed E-state index contributed by atoms with van der Waals surface area (Å²) in [4.78, 5) is 13.2. The number of piperazine rings is 1. The van der Waals surface area contributed by atoms with Gasteiger partial charge in [0.2, 0.25) is 0 Å². The van der Waals surface area contributed by atoms with Crippen LogP contribution >= 0.6 is 11.9 Å². The number of hydrogen-bond acceptors (Lipinski definition) is 6. The van der Waals surface area contributed by atoms with Crippen LogP contribution in [0.15, 0.2) is 12.7 Å². The molecule has 0 aliphatic carbocycles. The molecule has 0 atom stereocenters. The lowest BCUT2D eigenvalue weighted by atomic mass is 10.4. The molecule has 0 radical (unpaired) electrons. The second-order valence-electron chi connectivity index (χ2n) is 3.36. The van der Waals surface area contributed by atoms with E-state index >= 15 is 0 Å². The maximum Gasteiger partial charge on any atom is 0.410 e. The predicted octanol–water partition coefficient (Wildman–Crippen LogP) is 1.16. The molecule has 0 bridgehead atoms. The number of nitrogens with zero attached hydrogens (tertiary/aromatic N) is 2. The summed E-state index contributed by atoms with van der Waals surface area (Å²) in [6.07, 6.45) is 1.24. The normalized spacial score (nSPS) is 16.4. The Morgan fingerprint density at radius 2 is 2.12 bits per heavy atom. The average Bonchev–Trinajstić information content (AvgIpc) is 2.36. The molecule has 0 unspecified atom stereocenters. The van der Waals surface area contributed by atoms with Crippen LogP contribution in [0.5, 0.6) is 0 Å². The van der Waals surface area contributed by atoms with Gasteiger partial charge in [0, 0.05) is 38.1 Å². The van der Waals surface area contributed by atoms with Crippen molar-refractivity contribution in [1.82, 2.24) is 9.21 Å². The molecule has 1 fully saturated rings. The number of nitrogens with one attached hydrogen (secondary N) is 1. The summed E-state index contributed by atoms with van der Waals surface area (Å²) in [5, 5.41) is 7.54. The van der Waals surface area contributed by atoms with Crippen molar-refractivity contribution >= 4 is 23.3 Å². The molecule has 6 nitrogen and oxygen atoms in total. The van der Waals surface area contributed by atoms with E-state index in [4.69, 9.17) is 14.9 Å². The zero-order valence-corrected chi connectivity index (χ0v) is 10.7. The van der Waals surface area contributed by atoms with Crippen molar-refractivity contribution in [3.63, 3.8) is 0 Å². The first-order valence-corrected chi connectivity index (χ1v) is 6.02. The van der Waals surface area contributed by atoms with E-state index in [1.807, 2.05) is 4.31 Å². The first kappa shape index (κ1) is 13.9. The van der Waals surface area contributed by atoms with Crippen LogP contribution in [0.2, 0.25) is 0 Å². The van der Waals surface area contributed by atoms with E-state index in [0.717, 1.165) is 0 Å². The summed E-state index contributed by atoms with van der Waals surface area (Å²) in [7, 11) is 1.47. The van der Waals surface area contributed by atoms with E-state index in [1.54, 1.807) is 11.0 Å². The number of carbonyl (C=O) groups is 1. The third-order valence-electron chi connectivity index (χ3n) is 2.22. The highest BCUT2D eigenvalue weighted by atomic mass is 32.2. The third kappa shape index (κ3) is 4.66. The van der Waals surface area contributed by atoms with Crippen LogP contribution in [0.1, 0.15) is 0 Å². The van der Waals surface area contributed by atoms with Gasteiger partial charge in [-0.3, -0.25) is 5.41 Å². The summed E-state index contributed by atoms with van der Waals surface area (Å²) in [5.74, 6) is 0. The molecular formula is C10H17N3O3S. The van der Waals surface area contributed by atoms with Gasteiger partial charge in [0.25, 0.3) is 5.23 Å². The number of ether oxygens (including phenoxy) is 2. The van der Waals surface area contributed by atoms with Gasteiger partial charge in [-0.15, -0.1) is 0 Å². The van der Waals surface area contributed by atoms with Gasteiger partial charge in [0.05, 0.1) is 7.11 Å². The molecule has 1 amide bonds. The van der Waals surface area contributed by atoms with Gasteiger partial charge < -0.3 is 14.4 Å². The molecule has 96 valence electrons. The summed E-state index contributed by atoms with van der Waals surface area (Å²) in [6, 6.07) is 0. The van der Waals surface area contributed by atoms with Gasteiger partial charge in [-0.05, 0) is 0 Å². The molecule has 1 saturated heterocycles. The summed E-state index contributed by atoms with van der Waals surface area (Å²) in [6.45, 7) is 6.31. The molecular weight excluding hydrogens is 242 g/mol. The van der Waals surface area contributed by atoms with E-state index in [2.05, 4.69) is 6.58 Å². The minimum atomic E-state index is -0.309. The van der Waals surface area contributed by atoms with E-state index in [0.29, 0.717) is 26.2 Å². The molecule has 0 aromatic heterocycles. The monoisotopic (exact) mass is 259 g/mol. The largest absolute Gasteiger partial charge is 0.476 e. The van der Waals surface area contributed by atoms with Crippen molar-refractivity contribution in [1.29, 1.82) is 5.41 Å². The highest BCUT2D eigenvalue weighted by Crippen LogP contribution is 2.15. The number of carbonyl (C=O) groups excluding carboxylic acids is 1. The lowest BCUT2D eigenvalue weighted by molar-refractivity contribution is 0.0994. The molecule has 1 rings (SSSR count). The Hall–Kier alpha value is -1.21. The van der Waals surface area contributed by atoms with E-state index in [-0.39, 0.29) is 17.9 Å². The zero-order valence-electron chi connectivity index (χ0n) is 9.85. The molecule has 0 aromatic rings. The Labute approximate surface area is 105 Å². The highest BCUT2D eigenvalue weighted by molar-refractivity contribution is 8.11. The van der Waals surface area contributed by atoms with Crippen molar-refractivity contribution in [3.8, 4) is 0 Å². The summed E-state index contributed by atoms with van der Waals surface area (Å²) >= 11 is 1.25. The van der Waals surface area contributed by atoms with Gasteiger partial charge in [0.15, 0.2) is 0 Å². The fourth-order valence-corrected chi connectivity index (χ4v) is 1.99. The number of rotatable bonds is 3. The van der Waals surface area contributed by atoms with Crippen molar-refractivity contribution in [2.75, 3.05) is 39.9 Å². The van der Waals surface area contributed by atoms with Gasteiger partial charge in [-0.25, -0.2) is 9.10 Å². The Morgan fingerprint density at radius 3 is 2.65 bits per heavy atom. The van der Waals surface area contributed by atoms with E-state index in [9.17, 15) is 4.79 Å². The molecule has 1 N–H and O–H groups in total. The molecule has 0 spiro atoms. The Bertz CT molecular complexity index is 291. The quantitative estimate of drug-likeness (QED) is 0.356. The van der Waals surface area contributed by atoms with Crippen LogP contribution in [-0.4, -0.2) is 60.4 Å². The lowest BCUT2D eigenvalue weighted by Crippen LogP contribution is -2.46. The first-order chi connectivity index (χ1) is 8.17. The predicted molar refractivity (Wildman–Crippen MR) is 67.0 cm³/mol. The van der Waals surface area contributed by atoms with Crippen LogP contribution < -0.4 is 0 Å². The zero-order chi connectivity index (χ0) is 12.7. The van der Waals surface area contributed by atoms with Crippen LogP contribution in [0.4, 0.5) is 4.79 Å². The minimum Gasteiger partial charge on any atom is -0.476 e. The fourth-order valence-electron chi connectivity index (χ4n) is 1.34. The SMILES string of the molecule is C=CCOC(=O)N1CCN(SC(=N)OC)CC1. The second-order valence-corrected chi connectivity index (χ2v) is 4.43. The average molecular weight is 259 g/mol. The standard InChI is InChI=1S/C10H17N3O3S/c1-3-8-16-10(14)12-4-6-13(7-5-12)17-9(11)15-2/h3,11H,1,4-8H2,2H3. The number of amides is 1. The molecule has 1 aliphatic rings. The number of methoxy groups -OCH3 is 1. The second kappa shape index (κ2) is 7.18. The first-order valence-electron chi connectivity index (χ1n) is 5.25. The Kier molecular flexibility index (Phi) is 5.85.